The zero-order chi connectivity index (χ0) is 58.3. The van der Waals surface area contributed by atoms with Crippen LogP contribution in [0.4, 0.5) is 19.8 Å². The minimum absolute atomic E-state index is 0.0581. The van der Waals surface area contributed by atoms with Crippen LogP contribution in [0.3, 0.4) is 0 Å². The van der Waals surface area contributed by atoms with Gasteiger partial charge in [-0.15, -0.1) is 0 Å². The third kappa shape index (κ3) is 20.1. The van der Waals surface area contributed by atoms with Gasteiger partial charge in [-0.1, -0.05) is 53.7 Å². The molecule has 4 aromatic heterocycles. The van der Waals surface area contributed by atoms with Crippen molar-refractivity contribution < 1.29 is 40.3 Å². The molecule has 2 aliphatic rings. The lowest BCUT2D eigenvalue weighted by molar-refractivity contribution is 0.0118. The summed E-state index contributed by atoms with van der Waals surface area (Å²) in [5.41, 5.74) is 9.16. The van der Waals surface area contributed by atoms with Crippen LogP contribution < -0.4 is 21.3 Å². The lowest BCUT2D eigenvalue weighted by atomic mass is 9.86. The van der Waals surface area contributed by atoms with E-state index < -0.39 is 42.2 Å². The lowest BCUT2D eigenvalue weighted by Gasteiger charge is -2.33. The van der Waals surface area contributed by atoms with Crippen molar-refractivity contribution >= 4 is 38.1 Å². The highest BCUT2D eigenvalue weighted by atomic mass is 32.2. The zero-order valence-corrected chi connectivity index (χ0v) is 49.9. The highest BCUT2D eigenvalue weighted by Crippen LogP contribution is 2.39. The number of rotatable bonds is 12. The van der Waals surface area contributed by atoms with Crippen LogP contribution in [0.5, 0.6) is 0 Å². The number of halogens is 1. The first-order valence-corrected chi connectivity index (χ1v) is 29.2. The van der Waals surface area contributed by atoms with Crippen molar-refractivity contribution in [1.29, 1.82) is 0 Å². The molecule has 2 unspecified atom stereocenters. The van der Waals surface area contributed by atoms with E-state index >= 15 is 0 Å². The van der Waals surface area contributed by atoms with Gasteiger partial charge in [0.25, 0.3) is 20.0 Å². The Kier molecular flexibility index (Phi) is 20.6. The van der Waals surface area contributed by atoms with E-state index in [1.165, 1.54) is 17.7 Å². The molecule has 21 heteroatoms. The number of anilines is 1. The molecule has 0 saturated carbocycles. The fourth-order valence-electron chi connectivity index (χ4n) is 9.30. The number of hydrogen-bond acceptors (Lipinski definition) is 14. The smallest absolute Gasteiger partial charge is 0.410 e. The minimum Gasteiger partial charge on any atom is -0.444 e. The second kappa shape index (κ2) is 24.8. The van der Waals surface area contributed by atoms with Gasteiger partial charge in [0.05, 0.1) is 17.4 Å². The normalized spacial score (nSPS) is 18.5. The summed E-state index contributed by atoms with van der Waals surface area (Å²) >= 11 is 0. The summed E-state index contributed by atoms with van der Waals surface area (Å²) < 4.78 is 68.3. The van der Waals surface area contributed by atoms with Crippen LogP contribution in [-0.4, -0.2) is 94.1 Å². The molecule has 18 nitrogen and oxygen atoms in total. The Balaban J connectivity index is 0.000000285. The van der Waals surface area contributed by atoms with E-state index in [1.54, 1.807) is 12.1 Å². The number of nitrogens with two attached hydrogens (primary N) is 3. The maximum absolute atomic E-state index is 12.9. The van der Waals surface area contributed by atoms with Crippen molar-refractivity contribution in [3.05, 3.63) is 102 Å². The largest absolute Gasteiger partial charge is 0.444 e. The van der Waals surface area contributed by atoms with E-state index in [4.69, 9.17) is 20.3 Å². The van der Waals surface area contributed by atoms with Gasteiger partial charge in [-0.3, -0.25) is 9.97 Å². The van der Waals surface area contributed by atoms with E-state index in [1.807, 2.05) is 69.8 Å². The van der Waals surface area contributed by atoms with Gasteiger partial charge in [-0.25, -0.2) is 46.7 Å². The summed E-state index contributed by atoms with van der Waals surface area (Å²) in [5.74, 6) is 0.249. The van der Waals surface area contributed by atoms with Crippen LogP contribution in [0.15, 0.2) is 83.1 Å². The molecule has 0 radical (unpaired) electrons. The number of amides is 2. The maximum atomic E-state index is 12.9. The van der Waals surface area contributed by atoms with Crippen molar-refractivity contribution in [3.8, 4) is 0 Å². The summed E-state index contributed by atoms with van der Waals surface area (Å²) in [5, 5.41) is 12.7. The predicted molar refractivity (Wildman–Crippen MR) is 299 cm³/mol. The minimum atomic E-state index is -3.93. The Hall–Kier alpha value is -5.35. The molecule has 2 saturated heterocycles. The van der Waals surface area contributed by atoms with Gasteiger partial charge >= 0.3 is 12.2 Å². The second-order valence-electron chi connectivity index (χ2n) is 25.6. The molecule has 2 aliphatic heterocycles. The van der Waals surface area contributed by atoms with Crippen LogP contribution >= 0.6 is 0 Å². The standard InChI is InChI=1S/C28H43N5O4S.C23H39N3O2.C5H5FN2O2S/c1-26(2,3)20-14-15-30-22(16-20)21(31-23-10-9-11-24(32-23)38(29,35)36)13-12-19-17-28(7,8)33(18-19)25(34)37-27(4,5)6;1-21(2,3)17-11-12-25-19(13-17)18(24)10-9-16-14-23(7,8)26(15-16)20(27)28-22(4,5)6;6-4-2-1-3-5(8-4)11(7,9)10/h9-11,14-16,19,21H,12-13,17-18H2,1-8H3,(H,31,32)(H2,29,35,36);11-13,16,18H,9-10,14-15,24H2,1-8H3;1-3H,(H2,7,9,10)/t19-,21?;16-,18?;/m00./s1. The van der Waals surface area contributed by atoms with Gasteiger partial charge in [0.15, 0.2) is 10.1 Å². The Labute approximate surface area is 458 Å². The topological polar surface area (TPSA) is 269 Å². The van der Waals surface area contributed by atoms with E-state index in [9.17, 15) is 30.8 Å². The van der Waals surface area contributed by atoms with Crippen LogP contribution in [0.2, 0.25) is 0 Å². The predicted octanol–water partition coefficient (Wildman–Crippen LogP) is 10.5. The van der Waals surface area contributed by atoms with Crippen molar-refractivity contribution in [2.45, 2.75) is 205 Å². The molecule has 4 atom stereocenters. The number of ether oxygens (including phenoxy) is 2. The number of nitrogens with zero attached hydrogens (tertiary/aromatic N) is 6. The Bertz CT molecular complexity index is 2880. The maximum Gasteiger partial charge on any atom is 0.410 e. The van der Waals surface area contributed by atoms with Gasteiger partial charge < -0.3 is 30.3 Å². The molecule has 0 spiro atoms. The van der Waals surface area contributed by atoms with Gasteiger partial charge in [0.1, 0.15) is 17.0 Å². The number of nitrogens with one attached hydrogen (secondary N) is 1. The molecule has 2 amide bonds. The molecular formula is C56H87FN10O8S2. The van der Waals surface area contributed by atoms with Crippen LogP contribution in [-0.2, 0) is 40.4 Å². The number of sulfonamides is 2. The van der Waals surface area contributed by atoms with Crippen molar-refractivity contribution in [3.63, 3.8) is 0 Å². The Morgan fingerprint density at radius 2 is 1.08 bits per heavy atom. The lowest BCUT2D eigenvalue weighted by Crippen LogP contribution is -2.45. The van der Waals surface area contributed by atoms with E-state index in [0.29, 0.717) is 24.7 Å². The summed E-state index contributed by atoms with van der Waals surface area (Å²) in [7, 11) is -7.81. The summed E-state index contributed by atoms with van der Waals surface area (Å²) in [6.07, 6.45) is 8.37. The number of carbonyl (C=O) groups is 2. The number of primary sulfonamides is 2. The molecule has 7 N–H and O–H groups in total. The van der Waals surface area contributed by atoms with E-state index in [-0.39, 0.29) is 57.1 Å². The molecule has 6 rings (SSSR count). The Morgan fingerprint density at radius 3 is 1.49 bits per heavy atom. The fourth-order valence-corrected chi connectivity index (χ4v) is 10.3. The average Bonchev–Trinajstić information content (AvgIpc) is 3.78. The summed E-state index contributed by atoms with van der Waals surface area (Å²) in [6.45, 7) is 34.1. The van der Waals surface area contributed by atoms with Gasteiger partial charge in [-0.2, -0.15) is 4.39 Å². The molecule has 6 heterocycles. The number of aromatic nitrogens is 4. The Morgan fingerprint density at radius 1 is 0.662 bits per heavy atom. The van der Waals surface area contributed by atoms with E-state index in [0.717, 1.165) is 67.7 Å². The number of pyridine rings is 4. The number of hydrogen-bond donors (Lipinski definition) is 4. The van der Waals surface area contributed by atoms with E-state index in [2.05, 4.69) is 118 Å². The molecule has 4 aromatic rings. The summed E-state index contributed by atoms with van der Waals surface area (Å²) in [6, 6.07) is 16.1. The van der Waals surface area contributed by atoms with Gasteiger partial charge in [0.2, 0.25) is 5.95 Å². The van der Waals surface area contributed by atoms with Gasteiger partial charge in [-0.05, 0) is 190 Å². The molecular weight excluding hydrogens is 1020 g/mol. The summed E-state index contributed by atoms with van der Waals surface area (Å²) in [4.78, 5) is 45.6. The highest BCUT2D eigenvalue weighted by molar-refractivity contribution is 7.89. The molecule has 0 aromatic carbocycles. The van der Waals surface area contributed by atoms with Crippen LogP contribution in [0.25, 0.3) is 0 Å². The highest BCUT2D eigenvalue weighted by Gasteiger charge is 2.44. The monoisotopic (exact) mass is 1110 g/mol. The molecule has 0 bridgehead atoms. The van der Waals surface area contributed by atoms with Crippen molar-refractivity contribution in [1.82, 2.24) is 29.7 Å². The quantitative estimate of drug-likeness (QED) is 0.0962. The molecule has 77 heavy (non-hydrogen) atoms. The number of likely N-dealkylation sites (tertiary alicyclic amines) is 2. The second-order valence-corrected chi connectivity index (χ2v) is 28.6. The first kappa shape index (κ1) is 64.2. The third-order valence-corrected chi connectivity index (χ3v) is 14.9. The third-order valence-electron chi connectivity index (χ3n) is 13.2. The number of carbonyl (C=O) groups excluding carboxylic acids is 2. The fraction of sp³-hybridized carbons (Fsp3) is 0.607. The SMILES string of the molecule is CC(C)(C)OC(=O)N1C[C@@H](CCC(N)c2cc(C(C)(C)C)ccn2)CC1(C)C.CC(C)(C)OC(=O)N1C[C@@H](CCC(Nc2cccc(S(N)(=O)=O)n2)c2cc(C(C)(C)C)ccn2)CC1(C)C.NS(=O)(=O)c1cccc(F)n1. The van der Waals surface area contributed by atoms with Crippen molar-refractivity contribution in [2.24, 2.45) is 27.8 Å². The first-order valence-electron chi connectivity index (χ1n) is 26.2. The molecule has 428 valence electrons. The zero-order valence-electron chi connectivity index (χ0n) is 48.3. The average molecular weight is 1110 g/mol. The first-order chi connectivity index (χ1) is 35.0. The van der Waals surface area contributed by atoms with Crippen molar-refractivity contribution in [2.75, 3.05) is 18.4 Å². The van der Waals surface area contributed by atoms with Gasteiger partial charge in [0, 0.05) is 42.6 Å². The van der Waals surface area contributed by atoms with Crippen LogP contribution in [0, 0.1) is 17.8 Å². The van der Waals surface area contributed by atoms with Crippen LogP contribution in [0.1, 0.15) is 184 Å². The molecule has 2 fully saturated rings. The molecule has 0 aliphatic carbocycles.